The SMILES string of the molecule is Oc1cccc(Cl)c1CNCC1CCOCC1. The minimum absolute atomic E-state index is 0.261. The lowest BCUT2D eigenvalue weighted by molar-refractivity contribution is 0.0662. The van der Waals surface area contributed by atoms with Gasteiger partial charge in [0.1, 0.15) is 5.75 Å². The second-order valence-electron chi connectivity index (χ2n) is 4.42. The van der Waals surface area contributed by atoms with Crippen molar-refractivity contribution in [2.45, 2.75) is 19.4 Å². The molecule has 1 saturated heterocycles. The minimum Gasteiger partial charge on any atom is -0.508 e. The van der Waals surface area contributed by atoms with Crippen molar-refractivity contribution in [2.75, 3.05) is 19.8 Å². The molecule has 0 unspecified atom stereocenters. The maximum atomic E-state index is 9.68. The van der Waals surface area contributed by atoms with E-state index in [2.05, 4.69) is 5.32 Å². The molecule has 1 aromatic rings. The van der Waals surface area contributed by atoms with Gasteiger partial charge in [-0.2, -0.15) is 0 Å². The van der Waals surface area contributed by atoms with Gasteiger partial charge in [-0.15, -0.1) is 0 Å². The Bertz CT molecular complexity index is 344. The number of halogens is 1. The van der Waals surface area contributed by atoms with Gasteiger partial charge in [-0.25, -0.2) is 0 Å². The lowest BCUT2D eigenvalue weighted by atomic mass is 10.0. The summed E-state index contributed by atoms with van der Waals surface area (Å²) in [5.74, 6) is 0.936. The molecule has 1 aliphatic rings. The van der Waals surface area contributed by atoms with Gasteiger partial charge >= 0.3 is 0 Å². The predicted molar refractivity (Wildman–Crippen MR) is 68.4 cm³/mol. The molecule has 1 aromatic carbocycles. The third-order valence-corrected chi connectivity index (χ3v) is 3.52. The van der Waals surface area contributed by atoms with Gasteiger partial charge in [0.25, 0.3) is 0 Å². The molecule has 0 aromatic heterocycles. The van der Waals surface area contributed by atoms with E-state index in [1.807, 2.05) is 0 Å². The molecule has 3 nitrogen and oxygen atoms in total. The largest absolute Gasteiger partial charge is 0.508 e. The zero-order chi connectivity index (χ0) is 12.1. The Balaban J connectivity index is 1.81. The molecule has 0 spiro atoms. The Labute approximate surface area is 107 Å². The van der Waals surface area contributed by atoms with E-state index in [-0.39, 0.29) is 5.75 Å². The van der Waals surface area contributed by atoms with Gasteiger partial charge in [-0.05, 0) is 37.4 Å². The zero-order valence-corrected chi connectivity index (χ0v) is 10.5. The number of ether oxygens (including phenoxy) is 1. The number of aromatic hydroxyl groups is 1. The molecule has 0 saturated carbocycles. The van der Waals surface area contributed by atoms with Crippen molar-refractivity contribution in [2.24, 2.45) is 5.92 Å². The molecular weight excluding hydrogens is 238 g/mol. The van der Waals surface area contributed by atoms with Crippen LogP contribution in [0, 0.1) is 5.92 Å². The standard InChI is InChI=1S/C13H18ClNO2/c14-12-2-1-3-13(16)11(12)9-15-8-10-4-6-17-7-5-10/h1-3,10,15-16H,4-9H2. The van der Waals surface area contributed by atoms with Crippen molar-refractivity contribution in [1.82, 2.24) is 5.32 Å². The van der Waals surface area contributed by atoms with Crippen molar-refractivity contribution in [3.8, 4) is 5.75 Å². The Hall–Kier alpha value is -0.770. The van der Waals surface area contributed by atoms with Gasteiger partial charge in [0.05, 0.1) is 0 Å². The fourth-order valence-corrected chi connectivity index (χ4v) is 2.31. The molecule has 0 radical (unpaired) electrons. The lowest BCUT2D eigenvalue weighted by Crippen LogP contribution is -2.27. The first-order valence-electron chi connectivity index (χ1n) is 6.02. The minimum atomic E-state index is 0.261. The zero-order valence-electron chi connectivity index (χ0n) is 9.79. The van der Waals surface area contributed by atoms with Crippen molar-refractivity contribution >= 4 is 11.6 Å². The van der Waals surface area contributed by atoms with Gasteiger partial charge in [-0.3, -0.25) is 0 Å². The lowest BCUT2D eigenvalue weighted by Gasteiger charge is -2.22. The highest BCUT2D eigenvalue weighted by atomic mass is 35.5. The van der Waals surface area contributed by atoms with Gasteiger partial charge < -0.3 is 15.2 Å². The Morgan fingerprint density at radius 1 is 1.35 bits per heavy atom. The highest BCUT2D eigenvalue weighted by Crippen LogP contribution is 2.25. The van der Waals surface area contributed by atoms with Crippen molar-refractivity contribution in [1.29, 1.82) is 0 Å². The third-order valence-electron chi connectivity index (χ3n) is 3.17. The molecule has 4 heteroatoms. The Kier molecular flexibility index (Phi) is 4.66. The van der Waals surface area contributed by atoms with Crippen molar-refractivity contribution < 1.29 is 9.84 Å². The summed E-state index contributed by atoms with van der Waals surface area (Å²) in [5, 5.41) is 13.7. The molecule has 94 valence electrons. The second kappa shape index (κ2) is 6.24. The monoisotopic (exact) mass is 255 g/mol. The number of benzene rings is 1. The highest BCUT2D eigenvalue weighted by molar-refractivity contribution is 6.31. The average Bonchev–Trinajstić information content (AvgIpc) is 2.34. The summed E-state index contributed by atoms with van der Waals surface area (Å²) in [7, 11) is 0. The van der Waals surface area contributed by atoms with E-state index < -0.39 is 0 Å². The topological polar surface area (TPSA) is 41.5 Å². The van der Waals surface area contributed by atoms with Crippen molar-refractivity contribution in [3.63, 3.8) is 0 Å². The van der Waals surface area contributed by atoms with E-state index in [1.165, 1.54) is 0 Å². The number of hydrogen-bond donors (Lipinski definition) is 2. The maximum Gasteiger partial charge on any atom is 0.121 e. The molecule has 0 atom stereocenters. The summed E-state index contributed by atoms with van der Waals surface area (Å²) < 4.78 is 5.31. The molecule has 1 aliphatic heterocycles. The van der Waals surface area contributed by atoms with E-state index in [0.717, 1.165) is 38.2 Å². The summed E-state index contributed by atoms with van der Waals surface area (Å²) >= 11 is 6.03. The Morgan fingerprint density at radius 3 is 2.82 bits per heavy atom. The van der Waals surface area contributed by atoms with Crippen LogP contribution in [0.1, 0.15) is 18.4 Å². The number of phenols is 1. The molecule has 17 heavy (non-hydrogen) atoms. The van der Waals surface area contributed by atoms with E-state index in [4.69, 9.17) is 16.3 Å². The quantitative estimate of drug-likeness (QED) is 0.869. The van der Waals surface area contributed by atoms with E-state index in [9.17, 15) is 5.11 Å². The molecular formula is C13H18ClNO2. The van der Waals surface area contributed by atoms with Crippen LogP contribution >= 0.6 is 11.6 Å². The summed E-state index contributed by atoms with van der Waals surface area (Å²) in [6.45, 7) is 3.30. The third kappa shape index (κ3) is 3.60. The first kappa shape index (κ1) is 12.7. The van der Waals surface area contributed by atoms with Crippen LogP contribution in [-0.2, 0) is 11.3 Å². The van der Waals surface area contributed by atoms with E-state index >= 15 is 0 Å². The van der Waals surface area contributed by atoms with Gasteiger partial charge in [0.2, 0.25) is 0 Å². The normalized spacial score (nSPS) is 17.2. The number of phenolic OH excluding ortho intramolecular Hbond substituents is 1. The average molecular weight is 256 g/mol. The smallest absolute Gasteiger partial charge is 0.121 e. The summed E-state index contributed by atoms with van der Waals surface area (Å²) in [6, 6.07) is 5.21. The highest BCUT2D eigenvalue weighted by Gasteiger charge is 2.13. The summed E-state index contributed by atoms with van der Waals surface area (Å²) in [6.07, 6.45) is 2.23. The van der Waals surface area contributed by atoms with Gasteiger partial charge in [0, 0.05) is 30.3 Å². The first-order valence-corrected chi connectivity index (χ1v) is 6.40. The van der Waals surface area contributed by atoms with Gasteiger partial charge in [0.15, 0.2) is 0 Å². The van der Waals surface area contributed by atoms with Crippen LogP contribution in [0.25, 0.3) is 0 Å². The van der Waals surface area contributed by atoms with E-state index in [1.54, 1.807) is 18.2 Å². The molecule has 1 fully saturated rings. The fourth-order valence-electron chi connectivity index (χ4n) is 2.07. The molecule has 2 N–H and O–H groups in total. The van der Waals surface area contributed by atoms with Crippen LogP contribution < -0.4 is 5.32 Å². The summed E-state index contributed by atoms with van der Waals surface area (Å²) in [5.41, 5.74) is 0.779. The Morgan fingerprint density at radius 2 is 2.12 bits per heavy atom. The maximum absolute atomic E-state index is 9.68. The fraction of sp³-hybridized carbons (Fsp3) is 0.538. The predicted octanol–water partition coefficient (Wildman–Crippen LogP) is 2.56. The molecule has 0 aliphatic carbocycles. The first-order chi connectivity index (χ1) is 8.27. The van der Waals surface area contributed by atoms with Crippen LogP contribution in [0.15, 0.2) is 18.2 Å². The molecule has 2 rings (SSSR count). The van der Waals surface area contributed by atoms with Crippen LogP contribution in [0.4, 0.5) is 0 Å². The second-order valence-corrected chi connectivity index (χ2v) is 4.83. The summed E-state index contributed by atoms with van der Waals surface area (Å²) in [4.78, 5) is 0. The van der Waals surface area contributed by atoms with Crippen LogP contribution in [0.2, 0.25) is 5.02 Å². The number of rotatable bonds is 4. The molecule has 1 heterocycles. The number of nitrogens with one attached hydrogen (secondary N) is 1. The molecule has 0 amide bonds. The van der Waals surface area contributed by atoms with Gasteiger partial charge in [-0.1, -0.05) is 17.7 Å². The van der Waals surface area contributed by atoms with Crippen LogP contribution in [-0.4, -0.2) is 24.9 Å². The number of hydrogen-bond acceptors (Lipinski definition) is 3. The van der Waals surface area contributed by atoms with E-state index in [0.29, 0.717) is 17.5 Å². The molecule has 0 bridgehead atoms. The van der Waals surface area contributed by atoms with Crippen LogP contribution in [0.5, 0.6) is 5.75 Å². The van der Waals surface area contributed by atoms with Crippen molar-refractivity contribution in [3.05, 3.63) is 28.8 Å². The van der Waals surface area contributed by atoms with Crippen LogP contribution in [0.3, 0.4) is 0 Å².